The highest BCUT2D eigenvalue weighted by Crippen LogP contribution is 2.36. The molecule has 0 atom stereocenters. The zero-order chi connectivity index (χ0) is 28.3. The second kappa shape index (κ2) is 11.3. The van der Waals surface area contributed by atoms with E-state index in [1.54, 1.807) is 48.5 Å². The Morgan fingerprint density at radius 3 is 2.54 bits per heavy atom. The Morgan fingerprint density at radius 2 is 1.87 bits per heavy atom. The molecule has 1 N–H and O–H groups in total. The van der Waals surface area contributed by atoms with Crippen molar-refractivity contribution in [2.75, 3.05) is 19.1 Å². The summed E-state index contributed by atoms with van der Waals surface area (Å²) in [6, 6.07) is 15.0. The molecule has 2 heterocycles. The van der Waals surface area contributed by atoms with Gasteiger partial charge in [-0.25, -0.2) is 9.88 Å². The van der Waals surface area contributed by atoms with E-state index < -0.39 is 11.9 Å². The van der Waals surface area contributed by atoms with Gasteiger partial charge in [-0.15, -0.1) is 11.8 Å². The summed E-state index contributed by atoms with van der Waals surface area (Å²) in [6.45, 7) is 1.44. The lowest BCUT2D eigenvalue weighted by atomic mass is 10.1. The van der Waals surface area contributed by atoms with Crippen LogP contribution in [-0.2, 0) is 16.7 Å². The molecule has 1 fully saturated rings. The number of amides is 1. The van der Waals surface area contributed by atoms with Crippen molar-refractivity contribution in [3.8, 4) is 17.6 Å². The van der Waals surface area contributed by atoms with E-state index in [1.807, 2.05) is 6.07 Å². The Kier molecular flexibility index (Phi) is 8.13. The number of rotatable bonds is 7. The third kappa shape index (κ3) is 5.84. The molecule has 0 aliphatic carbocycles. The molecule has 0 bridgehead atoms. The van der Waals surface area contributed by atoms with Crippen molar-refractivity contribution < 1.29 is 27.4 Å². The lowest BCUT2D eigenvalue weighted by Crippen LogP contribution is -2.30. The van der Waals surface area contributed by atoms with Crippen molar-refractivity contribution in [2.24, 2.45) is 0 Å². The number of methoxy groups -OCH3 is 2. The number of ether oxygens (including phenoxy) is 2. The molecule has 1 aromatic heterocycles. The summed E-state index contributed by atoms with van der Waals surface area (Å²) in [5.74, 6) is 0.757. The largest absolute Gasteiger partial charge is 0.496 e. The number of hydrogen-bond acceptors (Lipinski definition) is 7. The Bertz CT molecular complexity index is 1530. The molecule has 0 saturated carbocycles. The fourth-order valence-electron chi connectivity index (χ4n) is 3.91. The van der Waals surface area contributed by atoms with Gasteiger partial charge in [-0.3, -0.25) is 4.79 Å². The van der Waals surface area contributed by atoms with Crippen LogP contribution in [0.1, 0.15) is 27.9 Å². The third-order valence-electron chi connectivity index (χ3n) is 5.77. The highest BCUT2D eigenvalue weighted by Gasteiger charge is 2.35. The number of hydrogen-bond donors (Lipinski definition) is 1. The molecule has 1 aliphatic heterocycles. The number of aryl methyl sites for hydroxylation is 1. The quantitative estimate of drug-likeness (QED) is 0.215. The zero-order valence-corrected chi connectivity index (χ0v) is 22.6. The van der Waals surface area contributed by atoms with E-state index in [-0.39, 0.29) is 38.6 Å². The molecule has 1 aliphatic rings. The van der Waals surface area contributed by atoms with Gasteiger partial charge in [-0.05, 0) is 66.7 Å². The Labute approximate surface area is 232 Å². The Balaban J connectivity index is 1.63. The van der Waals surface area contributed by atoms with Crippen LogP contribution in [0.3, 0.4) is 0 Å². The van der Waals surface area contributed by atoms with Crippen LogP contribution >= 0.6 is 24.0 Å². The third-order valence-corrected chi connectivity index (χ3v) is 7.08. The fraction of sp³-hybridized carbons (Fsp3) is 0.185. The fourth-order valence-corrected chi connectivity index (χ4v) is 5.23. The molecule has 1 saturated heterocycles. The molecule has 7 nitrogen and oxygen atoms in total. The number of nitrogens with zero attached hydrogens (tertiary/aromatic N) is 3. The number of aromatic nitrogens is 1. The maximum absolute atomic E-state index is 13.3. The maximum atomic E-state index is 13.3. The van der Waals surface area contributed by atoms with Gasteiger partial charge in [0.15, 0.2) is 5.11 Å². The number of thioether (sulfide) groups is 1. The highest BCUT2D eigenvalue weighted by molar-refractivity contribution is 7.98. The summed E-state index contributed by atoms with van der Waals surface area (Å²) in [5.41, 5.74) is 1.19. The number of nitriles is 1. The predicted octanol–water partition coefficient (Wildman–Crippen LogP) is 5.85. The summed E-state index contributed by atoms with van der Waals surface area (Å²) >= 11 is 6.39. The molecule has 4 rings (SSSR count). The number of carbonyl (C=O) groups excluding carboxylic acids is 1. The van der Waals surface area contributed by atoms with Gasteiger partial charge >= 0.3 is 6.18 Å². The molecule has 3 aromatic rings. The molecule has 0 spiro atoms. The number of alkyl halides is 3. The van der Waals surface area contributed by atoms with Crippen LogP contribution in [0.5, 0.6) is 11.5 Å². The Hall–Kier alpha value is -4.08. The second-order valence-electron chi connectivity index (χ2n) is 8.27. The molecule has 1 amide bonds. The normalized spacial score (nSPS) is 14.4. The summed E-state index contributed by atoms with van der Waals surface area (Å²) in [7, 11) is 2.97. The van der Waals surface area contributed by atoms with Crippen molar-refractivity contribution in [2.45, 2.75) is 23.9 Å². The lowest BCUT2D eigenvalue weighted by Gasteiger charge is -2.17. The van der Waals surface area contributed by atoms with Crippen molar-refractivity contribution in [1.29, 1.82) is 5.26 Å². The summed E-state index contributed by atoms with van der Waals surface area (Å²) < 4.78 is 50.7. The number of halogens is 3. The number of thiocarbonyl (C=S) groups is 1. The van der Waals surface area contributed by atoms with Crippen LogP contribution in [0.25, 0.3) is 6.08 Å². The number of benzene rings is 2. The van der Waals surface area contributed by atoms with Crippen LogP contribution in [0.2, 0.25) is 0 Å². The van der Waals surface area contributed by atoms with Crippen molar-refractivity contribution in [3.63, 3.8) is 0 Å². The predicted molar refractivity (Wildman–Crippen MR) is 145 cm³/mol. The molecule has 2 aromatic carbocycles. The smallest absolute Gasteiger partial charge is 0.433 e. The van der Waals surface area contributed by atoms with Gasteiger partial charge in [0.1, 0.15) is 34.0 Å². The minimum absolute atomic E-state index is 0.0268. The van der Waals surface area contributed by atoms with Crippen LogP contribution < -0.4 is 19.7 Å². The van der Waals surface area contributed by atoms with Crippen LogP contribution in [0.15, 0.2) is 59.3 Å². The minimum Gasteiger partial charge on any atom is -0.496 e. The second-order valence-corrected chi connectivity index (χ2v) is 9.63. The number of pyridine rings is 1. The van der Waals surface area contributed by atoms with E-state index >= 15 is 0 Å². The Morgan fingerprint density at radius 1 is 1.15 bits per heavy atom. The minimum atomic E-state index is -4.64. The molecule has 0 radical (unpaired) electrons. The lowest BCUT2D eigenvalue weighted by molar-refractivity contribution is -0.141. The first kappa shape index (κ1) is 27.9. The average molecular weight is 571 g/mol. The summed E-state index contributed by atoms with van der Waals surface area (Å²) in [4.78, 5) is 18.3. The van der Waals surface area contributed by atoms with Gasteiger partial charge in [0.2, 0.25) is 0 Å². The summed E-state index contributed by atoms with van der Waals surface area (Å²) in [6.07, 6.45) is -3.03. The van der Waals surface area contributed by atoms with E-state index in [0.29, 0.717) is 28.3 Å². The van der Waals surface area contributed by atoms with Crippen LogP contribution in [0, 0.1) is 18.3 Å². The molecule has 0 unspecified atom stereocenters. The molecular weight excluding hydrogens is 549 g/mol. The van der Waals surface area contributed by atoms with E-state index in [2.05, 4.69) is 10.3 Å². The molecule has 39 heavy (non-hydrogen) atoms. The topological polar surface area (TPSA) is 87.5 Å². The van der Waals surface area contributed by atoms with E-state index in [0.717, 1.165) is 17.8 Å². The number of anilines is 1. The van der Waals surface area contributed by atoms with Crippen molar-refractivity contribution in [1.82, 2.24) is 10.3 Å². The van der Waals surface area contributed by atoms with Gasteiger partial charge in [0, 0.05) is 11.3 Å². The van der Waals surface area contributed by atoms with Gasteiger partial charge < -0.3 is 14.8 Å². The van der Waals surface area contributed by atoms with Crippen LogP contribution in [-0.4, -0.2) is 30.2 Å². The van der Waals surface area contributed by atoms with Crippen LogP contribution in [0.4, 0.5) is 18.9 Å². The van der Waals surface area contributed by atoms with E-state index in [9.17, 15) is 23.2 Å². The first-order chi connectivity index (χ1) is 18.6. The molecule has 200 valence electrons. The standard InChI is InChI=1S/C27H21F3N4O3S2/c1-15-10-23(27(28,29)30)33-24(18(15)13-31)39-14-17-11-16(8-9-21(17)36-2)12-19-25(35)34(26(38)32-19)20-6-4-5-7-22(20)37-3/h4-12H,14H2,1-3H3,(H,32,38)/b19-12+. The van der Waals surface area contributed by atoms with Crippen molar-refractivity contribution >= 4 is 46.8 Å². The van der Waals surface area contributed by atoms with Crippen molar-refractivity contribution in [3.05, 3.63) is 82.2 Å². The van der Waals surface area contributed by atoms with Gasteiger partial charge in [-0.2, -0.15) is 18.4 Å². The number of para-hydroxylation sites is 2. The number of nitrogens with one attached hydrogen (secondary N) is 1. The van der Waals surface area contributed by atoms with Gasteiger partial charge in [-0.1, -0.05) is 18.2 Å². The first-order valence-corrected chi connectivity index (χ1v) is 12.8. The van der Waals surface area contributed by atoms with E-state index in [4.69, 9.17) is 21.7 Å². The molecule has 12 heteroatoms. The monoisotopic (exact) mass is 570 g/mol. The first-order valence-electron chi connectivity index (χ1n) is 11.4. The molecular formula is C27H21F3N4O3S2. The zero-order valence-electron chi connectivity index (χ0n) is 20.9. The maximum Gasteiger partial charge on any atom is 0.433 e. The average Bonchev–Trinajstić information content (AvgIpc) is 3.18. The van der Waals surface area contributed by atoms with Gasteiger partial charge in [0.05, 0.1) is 25.5 Å². The SMILES string of the molecule is COc1ccc(/C=C2/NC(=S)N(c3ccccc3OC)C2=O)cc1CSc1nc(C(F)(F)F)cc(C)c1C#N. The van der Waals surface area contributed by atoms with E-state index in [1.165, 1.54) is 26.0 Å². The van der Waals surface area contributed by atoms with Gasteiger partial charge in [0.25, 0.3) is 5.91 Å². The highest BCUT2D eigenvalue weighted by atomic mass is 32.2. The number of carbonyl (C=O) groups is 1. The summed E-state index contributed by atoms with van der Waals surface area (Å²) in [5, 5.41) is 12.6.